The summed E-state index contributed by atoms with van der Waals surface area (Å²) in [5, 5.41) is 1.92. The first-order valence-corrected chi connectivity index (χ1v) is 7.50. The highest BCUT2D eigenvalue weighted by molar-refractivity contribution is 14.1. The summed E-state index contributed by atoms with van der Waals surface area (Å²) in [6.07, 6.45) is 1.74. The van der Waals surface area contributed by atoms with E-state index in [4.69, 9.17) is 4.74 Å². The number of halogens is 1. The maximum Gasteiger partial charge on any atom is 0.363 e. The summed E-state index contributed by atoms with van der Waals surface area (Å²) < 4.78 is 6.28. The number of carbonyl (C=O) groups is 1. The zero-order valence-corrected chi connectivity index (χ0v) is 12.6. The largest absolute Gasteiger partial charge is 0.401 e. The van der Waals surface area contributed by atoms with Crippen molar-refractivity contribution >= 4 is 51.9 Å². The van der Waals surface area contributed by atoms with Gasteiger partial charge in [0.05, 0.1) is 4.88 Å². The fourth-order valence-corrected chi connectivity index (χ4v) is 2.89. The summed E-state index contributed by atoms with van der Waals surface area (Å²) in [6, 6.07) is 11.6. The van der Waals surface area contributed by atoms with Crippen LogP contribution in [0.5, 0.6) is 0 Å². The van der Waals surface area contributed by atoms with Crippen molar-refractivity contribution in [2.24, 2.45) is 4.99 Å². The van der Waals surface area contributed by atoms with Crippen LogP contribution in [0, 0.1) is 3.57 Å². The molecule has 2 heterocycles. The van der Waals surface area contributed by atoms with E-state index < -0.39 is 5.97 Å². The van der Waals surface area contributed by atoms with Crippen LogP contribution in [0.4, 0.5) is 0 Å². The van der Waals surface area contributed by atoms with Crippen LogP contribution in [0.15, 0.2) is 52.5 Å². The first-order valence-electron chi connectivity index (χ1n) is 5.54. The zero-order chi connectivity index (χ0) is 13.2. The number of hydrogen-bond donors (Lipinski definition) is 0. The van der Waals surface area contributed by atoms with Crippen molar-refractivity contribution in [3.8, 4) is 0 Å². The van der Waals surface area contributed by atoms with Gasteiger partial charge in [-0.3, -0.25) is 0 Å². The van der Waals surface area contributed by atoms with Gasteiger partial charge in [-0.25, -0.2) is 9.79 Å². The van der Waals surface area contributed by atoms with Crippen molar-refractivity contribution in [2.45, 2.75) is 0 Å². The fraction of sp³-hybridized carbons (Fsp3) is 0. The molecule has 0 amide bonds. The molecule has 0 radical (unpaired) electrons. The molecular formula is C14H8INO2S. The third-order valence-corrected chi connectivity index (χ3v) is 4.03. The van der Waals surface area contributed by atoms with E-state index in [-0.39, 0.29) is 0 Å². The van der Waals surface area contributed by atoms with Gasteiger partial charge in [-0.1, -0.05) is 18.2 Å². The second-order valence-electron chi connectivity index (χ2n) is 3.87. The molecule has 2 aromatic rings. The van der Waals surface area contributed by atoms with Crippen molar-refractivity contribution in [3.05, 3.63) is 61.5 Å². The predicted octanol–water partition coefficient (Wildman–Crippen LogP) is 3.70. The van der Waals surface area contributed by atoms with E-state index >= 15 is 0 Å². The number of ether oxygens (including phenoxy) is 1. The average Bonchev–Trinajstić information content (AvgIpc) is 3.00. The summed E-state index contributed by atoms with van der Waals surface area (Å²) in [7, 11) is 0. The number of benzene rings is 1. The van der Waals surface area contributed by atoms with Gasteiger partial charge in [0, 0.05) is 3.57 Å². The topological polar surface area (TPSA) is 38.7 Å². The molecule has 1 aliphatic heterocycles. The molecule has 3 rings (SSSR count). The molecule has 1 aliphatic rings. The Hall–Kier alpha value is -1.47. The lowest BCUT2D eigenvalue weighted by atomic mass is 10.2. The molecule has 0 fully saturated rings. The van der Waals surface area contributed by atoms with Crippen LogP contribution in [0.1, 0.15) is 10.4 Å². The maximum atomic E-state index is 11.8. The lowest BCUT2D eigenvalue weighted by Gasteiger charge is -1.95. The SMILES string of the molecule is O=C1OC(c2cccs2)=N/C1=C\c1cccc(I)c1. The predicted molar refractivity (Wildman–Crippen MR) is 84.1 cm³/mol. The molecule has 94 valence electrons. The molecule has 0 saturated heterocycles. The lowest BCUT2D eigenvalue weighted by molar-refractivity contribution is -0.129. The fourth-order valence-electron chi connectivity index (χ4n) is 1.67. The number of rotatable bonds is 2. The van der Waals surface area contributed by atoms with Crippen molar-refractivity contribution in [3.63, 3.8) is 0 Å². The van der Waals surface area contributed by atoms with Gasteiger partial charge in [0.2, 0.25) is 5.90 Å². The van der Waals surface area contributed by atoms with Crippen molar-refractivity contribution in [1.82, 2.24) is 0 Å². The van der Waals surface area contributed by atoms with Crippen LogP contribution in [-0.4, -0.2) is 11.9 Å². The summed E-state index contributed by atoms with van der Waals surface area (Å²) in [6.45, 7) is 0. The molecular weight excluding hydrogens is 373 g/mol. The molecule has 0 saturated carbocycles. The highest BCUT2D eigenvalue weighted by Crippen LogP contribution is 2.21. The van der Waals surface area contributed by atoms with Crippen LogP contribution in [-0.2, 0) is 9.53 Å². The molecule has 0 N–H and O–H groups in total. The normalized spacial score (nSPS) is 16.6. The zero-order valence-electron chi connectivity index (χ0n) is 9.67. The molecule has 0 atom stereocenters. The molecule has 0 aliphatic carbocycles. The molecule has 0 unspecified atom stereocenters. The van der Waals surface area contributed by atoms with Crippen molar-refractivity contribution in [2.75, 3.05) is 0 Å². The Labute approximate surface area is 127 Å². The van der Waals surface area contributed by atoms with Gasteiger partial charge in [-0.15, -0.1) is 11.3 Å². The Morgan fingerprint density at radius 1 is 1.26 bits per heavy atom. The van der Waals surface area contributed by atoms with Gasteiger partial charge in [0.15, 0.2) is 5.70 Å². The van der Waals surface area contributed by atoms with Crippen LogP contribution in [0.2, 0.25) is 0 Å². The number of carbonyl (C=O) groups excluding carboxylic acids is 1. The lowest BCUT2D eigenvalue weighted by Crippen LogP contribution is -2.03. The van der Waals surface area contributed by atoms with Crippen molar-refractivity contribution in [1.29, 1.82) is 0 Å². The van der Waals surface area contributed by atoms with E-state index in [0.29, 0.717) is 11.6 Å². The standard InChI is InChI=1S/C14H8INO2S/c15-10-4-1-3-9(7-10)8-11-14(17)18-13(16-11)12-5-2-6-19-12/h1-8H/b11-8-. The van der Waals surface area contributed by atoms with E-state index in [1.165, 1.54) is 11.3 Å². The molecule has 0 bridgehead atoms. The van der Waals surface area contributed by atoms with E-state index in [1.807, 2.05) is 41.8 Å². The summed E-state index contributed by atoms with van der Waals surface area (Å²) in [4.78, 5) is 16.9. The molecule has 1 aromatic heterocycles. The molecule has 19 heavy (non-hydrogen) atoms. The van der Waals surface area contributed by atoms with Crippen LogP contribution < -0.4 is 0 Å². The summed E-state index contributed by atoms with van der Waals surface area (Å²) in [5.74, 6) is -0.0147. The Morgan fingerprint density at radius 3 is 2.89 bits per heavy atom. The highest BCUT2D eigenvalue weighted by atomic mass is 127. The van der Waals surface area contributed by atoms with Gasteiger partial charge in [-0.2, -0.15) is 0 Å². The van der Waals surface area contributed by atoms with Gasteiger partial charge in [0.1, 0.15) is 0 Å². The van der Waals surface area contributed by atoms with Crippen LogP contribution >= 0.6 is 33.9 Å². The van der Waals surface area contributed by atoms with Gasteiger partial charge >= 0.3 is 5.97 Å². The first-order chi connectivity index (χ1) is 9.22. The molecule has 5 heteroatoms. The van der Waals surface area contributed by atoms with Gasteiger partial charge in [-0.05, 0) is 57.8 Å². The number of hydrogen-bond acceptors (Lipinski definition) is 4. The minimum Gasteiger partial charge on any atom is -0.401 e. The number of aliphatic imine (C=N–C) groups is 1. The Balaban J connectivity index is 1.95. The minimum absolute atomic E-state index is 0.338. The maximum absolute atomic E-state index is 11.8. The second-order valence-corrected chi connectivity index (χ2v) is 6.06. The quantitative estimate of drug-likeness (QED) is 0.452. The molecule has 3 nitrogen and oxygen atoms in total. The van der Waals surface area contributed by atoms with E-state index in [2.05, 4.69) is 27.6 Å². The highest BCUT2D eigenvalue weighted by Gasteiger charge is 2.24. The number of cyclic esters (lactones) is 1. The summed E-state index contributed by atoms with van der Waals surface area (Å²) >= 11 is 3.73. The number of thiophene rings is 1. The third kappa shape index (κ3) is 2.76. The Bertz CT molecular complexity index is 689. The third-order valence-electron chi connectivity index (χ3n) is 2.50. The van der Waals surface area contributed by atoms with Gasteiger partial charge < -0.3 is 4.74 Å². The monoisotopic (exact) mass is 381 g/mol. The van der Waals surface area contributed by atoms with Crippen molar-refractivity contribution < 1.29 is 9.53 Å². The molecule has 1 aromatic carbocycles. The van der Waals surface area contributed by atoms with E-state index in [1.54, 1.807) is 6.08 Å². The summed E-state index contributed by atoms with van der Waals surface area (Å²) in [5.41, 5.74) is 1.28. The van der Waals surface area contributed by atoms with E-state index in [9.17, 15) is 4.79 Å². The number of nitrogens with zero attached hydrogens (tertiary/aromatic N) is 1. The van der Waals surface area contributed by atoms with Crippen LogP contribution in [0.3, 0.4) is 0 Å². The smallest absolute Gasteiger partial charge is 0.363 e. The van der Waals surface area contributed by atoms with E-state index in [0.717, 1.165) is 14.0 Å². The van der Waals surface area contributed by atoms with Crippen LogP contribution in [0.25, 0.3) is 6.08 Å². The van der Waals surface area contributed by atoms with Gasteiger partial charge in [0.25, 0.3) is 0 Å². The second kappa shape index (κ2) is 5.26. The Morgan fingerprint density at radius 2 is 2.16 bits per heavy atom. The molecule has 0 spiro atoms. The number of esters is 1. The average molecular weight is 381 g/mol. The minimum atomic E-state index is -0.401. The first kappa shape index (κ1) is 12.6. The Kier molecular flexibility index (Phi) is 3.48.